The predicted octanol–water partition coefficient (Wildman–Crippen LogP) is -3.82. The molecule has 2 aliphatic rings. The van der Waals surface area contributed by atoms with Crippen molar-refractivity contribution in [3.05, 3.63) is 33.1 Å². The van der Waals surface area contributed by atoms with Gasteiger partial charge in [0.2, 0.25) is 6.29 Å². The molecule has 0 aromatic carbocycles. The summed E-state index contributed by atoms with van der Waals surface area (Å²) in [5.41, 5.74) is -1.76. The Labute approximate surface area is 199 Å². The lowest BCUT2D eigenvalue weighted by molar-refractivity contribution is -0.265. The van der Waals surface area contributed by atoms with Crippen LogP contribution in [0.5, 0.6) is 0 Å². The van der Waals surface area contributed by atoms with E-state index in [0.29, 0.717) is 4.57 Å². The molecular weight excluding hydrogens is 545 g/mol. The van der Waals surface area contributed by atoms with Gasteiger partial charge in [-0.25, -0.2) is 18.3 Å². The molecule has 0 amide bonds. The van der Waals surface area contributed by atoms with Gasteiger partial charge in [0.05, 0.1) is 13.2 Å². The number of aliphatic hydroxyl groups excluding tert-OH is 5. The lowest BCUT2D eigenvalue weighted by Crippen LogP contribution is -2.57. The highest BCUT2D eigenvalue weighted by Gasteiger charge is 2.50. The van der Waals surface area contributed by atoms with E-state index in [1.165, 1.54) is 0 Å². The molecule has 3 heterocycles. The molecule has 206 valence electrons. The fourth-order valence-corrected chi connectivity index (χ4v) is 5.48. The predicted molar refractivity (Wildman–Crippen MR) is 108 cm³/mol. The molecule has 3 rings (SSSR count). The van der Waals surface area contributed by atoms with Crippen molar-refractivity contribution < 1.29 is 71.7 Å². The van der Waals surface area contributed by atoms with Gasteiger partial charge in [0.25, 0.3) is 5.56 Å². The highest BCUT2D eigenvalue weighted by molar-refractivity contribution is 7.61. The average Bonchev–Trinajstić information content (AvgIpc) is 3.06. The number of alkyl halides is 1. The number of phosphoric acid groups is 2. The summed E-state index contributed by atoms with van der Waals surface area (Å²) in [4.78, 5) is 44.4. The van der Waals surface area contributed by atoms with Crippen LogP contribution < -0.4 is 11.2 Å². The van der Waals surface area contributed by atoms with Gasteiger partial charge in [-0.15, -0.1) is 0 Å². The number of nitrogens with one attached hydrogen (secondary N) is 1. The van der Waals surface area contributed by atoms with Crippen LogP contribution in [0.3, 0.4) is 0 Å². The van der Waals surface area contributed by atoms with Crippen LogP contribution >= 0.6 is 15.6 Å². The normalized spacial score (nSPS) is 38.4. The number of ether oxygens (including phenoxy) is 2. The third kappa shape index (κ3) is 6.53. The molecule has 1 aromatic rings. The van der Waals surface area contributed by atoms with E-state index in [2.05, 4.69) is 13.4 Å². The van der Waals surface area contributed by atoms with Gasteiger partial charge in [-0.3, -0.25) is 23.4 Å². The van der Waals surface area contributed by atoms with Crippen molar-refractivity contribution in [2.45, 2.75) is 55.3 Å². The molecule has 2 saturated heterocycles. The molecule has 8 N–H and O–H groups in total. The van der Waals surface area contributed by atoms with Crippen molar-refractivity contribution in [2.24, 2.45) is 0 Å². The van der Waals surface area contributed by atoms with Gasteiger partial charge in [-0.2, -0.15) is 4.31 Å². The molecule has 21 heteroatoms. The third-order valence-electron chi connectivity index (χ3n) is 5.11. The van der Waals surface area contributed by atoms with Crippen molar-refractivity contribution in [2.75, 3.05) is 13.2 Å². The Hall–Kier alpha value is -1.41. The van der Waals surface area contributed by atoms with Crippen LogP contribution in [0.2, 0.25) is 0 Å². The number of hydrogen-bond acceptors (Lipinski definition) is 14. The van der Waals surface area contributed by atoms with Gasteiger partial charge in [0, 0.05) is 12.3 Å². The van der Waals surface area contributed by atoms with Crippen LogP contribution in [0.1, 0.15) is 6.23 Å². The first-order valence-corrected chi connectivity index (χ1v) is 12.9. The number of aliphatic hydroxyl groups is 5. The molecule has 0 saturated carbocycles. The van der Waals surface area contributed by atoms with Crippen molar-refractivity contribution in [1.82, 2.24) is 9.55 Å². The number of hydrogen-bond donors (Lipinski definition) is 8. The minimum atomic E-state index is -5.67. The maximum atomic E-state index is 14.1. The molecule has 11 atom stereocenters. The third-order valence-corrected chi connectivity index (χ3v) is 7.71. The summed E-state index contributed by atoms with van der Waals surface area (Å²) in [6.45, 7) is -2.01. The van der Waals surface area contributed by atoms with Crippen LogP contribution in [0.15, 0.2) is 21.9 Å². The van der Waals surface area contributed by atoms with E-state index in [1.807, 2.05) is 4.98 Å². The zero-order valence-electron chi connectivity index (χ0n) is 17.8. The Bertz CT molecular complexity index is 1130. The molecule has 0 aliphatic carbocycles. The van der Waals surface area contributed by atoms with E-state index in [1.54, 1.807) is 0 Å². The summed E-state index contributed by atoms with van der Waals surface area (Å²) in [5, 5.41) is 48.5. The second-order valence-electron chi connectivity index (χ2n) is 7.63. The second kappa shape index (κ2) is 11.1. The number of aromatic amines is 1. The first-order valence-electron chi connectivity index (χ1n) is 9.95. The molecule has 36 heavy (non-hydrogen) atoms. The summed E-state index contributed by atoms with van der Waals surface area (Å²) >= 11 is 0. The Morgan fingerprint density at radius 3 is 2.25 bits per heavy atom. The summed E-state index contributed by atoms with van der Waals surface area (Å²) in [6.07, 6.45) is -16.6. The van der Waals surface area contributed by atoms with Crippen molar-refractivity contribution in [3.63, 3.8) is 0 Å². The average molecular weight is 568 g/mol. The zero-order chi connectivity index (χ0) is 27.0. The highest BCUT2D eigenvalue weighted by Crippen LogP contribution is 2.61. The lowest BCUT2D eigenvalue weighted by atomic mass is 10.0. The van der Waals surface area contributed by atoms with E-state index in [-0.39, 0.29) is 0 Å². The molecule has 7 unspecified atom stereocenters. The van der Waals surface area contributed by atoms with Gasteiger partial charge in [0.15, 0.2) is 12.4 Å². The molecule has 18 nitrogen and oxygen atoms in total. The van der Waals surface area contributed by atoms with Crippen molar-refractivity contribution in [3.8, 4) is 0 Å². The Morgan fingerprint density at radius 2 is 1.64 bits per heavy atom. The Balaban J connectivity index is 1.61. The molecule has 1 aromatic heterocycles. The topological polar surface area (TPSA) is 277 Å². The smallest absolute Gasteiger partial charge is 0.394 e. The van der Waals surface area contributed by atoms with Crippen LogP contribution in [0.25, 0.3) is 0 Å². The van der Waals surface area contributed by atoms with E-state index >= 15 is 0 Å². The molecule has 2 fully saturated rings. The van der Waals surface area contributed by atoms with Gasteiger partial charge in [0.1, 0.15) is 36.6 Å². The quantitative estimate of drug-likeness (QED) is 0.133. The minimum absolute atomic E-state index is 0.711. The number of H-pyrrole nitrogens is 1. The van der Waals surface area contributed by atoms with Crippen LogP contribution in [-0.4, -0.2) is 107 Å². The molecule has 0 bridgehead atoms. The van der Waals surface area contributed by atoms with E-state index in [0.717, 1.165) is 12.3 Å². The number of rotatable bonds is 9. The van der Waals surface area contributed by atoms with Gasteiger partial charge in [-0.05, 0) is 0 Å². The Kier molecular flexibility index (Phi) is 9.02. The largest absolute Gasteiger partial charge is 0.483 e. The monoisotopic (exact) mass is 568 g/mol. The highest BCUT2D eigenvalue weighted by atomic mass is 31.3. The molecular formula is C15H23FN2O16P2. The van der Waals surface area contributed by atoms with Crippen LogP contribution in [0.4, 0.5) is 4.39 Å². The SMILES string of the molecule is O=c1ccn([C@@H]2O[C@H](COP(=O)(O)OP(=O)(O)O[C@H]3OC(CO)[C@H](O)C(O)C3F)C(O)C2O)c(=O)[nH]1. The van der Waals surface area contributed by atoms with Crippen LogP contribution in [-0.2, 0) is 32.0 Å². The van der Waals surface area contributed by atoms with Gasteiger partial charge in [-0.1, -0.05) is 0 Å². The number of halogens is 1. The maximum absolute atomic E-state index is 14.1. The second-order valence-corrected chi connectivity index (χ2v) is 10.6. The maximum Gasteiger partial charge on any atom is 0.483 e. The van der Waals surface area contributed by atoms with E-state index in [4.69, 9.17) is 14.6 Å². The van der Waals surface area contributed by atoms with E-state index in [9.17, 15) is 53.3 Å². The number of nitrogens with zero attached hydrogens (tertiary/aromatic N) is 1. The van der Waals surface area contributed by atoms with Gasteiger partial charge < -0.3 is 44.8 Å². The minimum Gasteiger partial charge on any atom is -0.394 e. The fourth-order valence-electron chi connectivity index (χ4n) is 3.33. The number of phosphoric ester groups is 2. The van der Waals surface area contributed by atoms with Crippen LogP contribution in [0, 0.1) is 0 Å². The summed E-state index contributed by atoms with van der Waals surface area (Å²) in [7, 11) is -11.2. The Morgan fingerprint density at radius 1 is 1.00 bits per heavy atom. The summed E-state index contributed by atoms with van der Waals surface area (Å²) < 4.78 is 61.7. The first-order chi connectivity index (χ1) is 16.7. The summed E-state index contributed by atoms with van der Waals surface area (Å²) in [5.74, 6) is 0. The first kappa shape index (κ1) is 29.2. The number of aromatic nitrogens is 2. The fraction of sp³-hybridized carbons (Fsp3) is 0.733. The van der Waals surface area contributed by atoms with Crippen molar-refractivity contribution in [1.29, 1.82) is 0 Å². The molecule has 0 spiro atoms. The van der Waals surface area contributed by atoms with E-state index < -0.39 is 95.4 Å². The molecule has 0 radical (unpaired) electrons. The standard InChI is InChI=1S/C15H23FN2O16P2/c16-8-11(23)9(21)5(3-19)32-14(8)33-36(28,29)34-35(26,27)30-4-6-10(22)12(24)13(31-6)18-2-1-7(20)17-15(18)25/h1-2,5-6,8-14,19,21-24H,3-4H2,(H,26,27)(H,28,29)(H,17,20,25)/t5?,6-,8?,9+,10?,11?,12?,13-,14-/m1/s1. The lowest BCUT2D eigenvalue weighted by Gasteiger charge is -2.38. The summed E-state index contributed by atoms with van der Waals surface area (Å²) in [6, 6.07) is 0.919. The van der Waals surface area contributed by atoms with Gasteiger partial charge >= 0.3 is 21.3 Å². The molecule has 2 aliphatic heterocycles. The zero-order valence-corrected chi connectivity index (χ0v) is 19.6. The van der Waals surface area contributed by atoms with Crippen molar-refractivity contribution >= 4 is 15.6 Å².